The summed E-state index contributed by atoms with van der Waals surface area (Å²) in [7, 11) is 0. The first-order valence-corrected chi connectivity index (χ1v) is 11.5. The second-order valence-corrected chi connectivity index (χ2v) is 8.87. The molecular formula is C27H26F3N3O. The molecule has 0 bridgehead atoms. The van der Waals surface area contributed by atoms with Crippen LogP contribution in [0.5, 0.6) is 0 Å². The van der Waals surface area contributed by atoms with Gasteiger partial charge in [-0.2, -0.15) is 13.2 Å². The molecule has 1 aromatic carbocycles. The van der Waals surface area contributed by atoms with Crippen molar-refractivity contribution in [1.82, 2.24) is 13.9 Å². The number of rotatable bonds is 5. The summed E-state index contributed by atoms with van der Waals surface area (Å²) in [4.78, 5) is 15.9. The second-order valence-electron chi connectivity index (χ2n) is 8.87. The van der Waals surface area contributed by atoms with Crippen LogP contribution < -0.4 is 5.56 Å². The van der Waals surface area contributed by atoms with Gasteiger partial charge in [0.05, 0.1) is 11.1 Å². The van der Waals surface area contributed by atoms with Crippen molar-refractivity contribution < 1.29 is 13.2 Å². The number of halogens is 3. The maximum absolute atomic E-state index is 13.6. The molecule has 1 aliphatic carbocycles. The number of hydrogen-bond acceptors (Lipinski definition) is 2. The Morgan fingerprint density at radius 1 is 1.00 bits per heavy atom. The van der Waals surface area contributed by atoms with Gasteiger partial charge in [0.15, 0.2) is 0 Å². The number of aryl methyl sites for hydroxylation is 2. The molecule has 2 aliphatic rings. The molecule has 2 aromatic heterocycles. The summed E-state index contributed by atoms with van der Waals surface area (Å²) in [5.41, 5.74) is 4.11. The number of allylic oxidation sites excluding steroid dienone is 5. The van der Waals surface area contributed by atoms with Gasteiger partial charge in [-0.25, -0.2) is 0 Å². The van der Waals surface area contributed by atoms with E-state index in [1.165, 1.54) is 17.7 Å². The number of nitrogens with zero attached hydrogens (tertiary/aromatic N) is 3. The molecule has 3 aromatic rings. The number of fused-ring (bicyclic) bond motifs is 3. The molecule has 3 heterocycles. The van der Waals surface area contributed by atoms with E-state index in [0.717, 1.165) is 60.5 Å². The SMILES string of the molecule is O=c1c2c(n3cccc3n1CCc1ccc(C(F)(F)F)cc1)CCN(CC1=CC=CC=CC1)C2. The second kappa shape index (κ2) is 9.14. The minimum atomic E-state index is -4.35. The van der Waals surface area contributed by atoms with Gasteiger partial charge >= 0.3 is 6.18 Å². The standard InChI is InChI=1S/C27H26F3N3O/c28-27(29,30)22-11-9-20(10-12-22)13-17-33-25-8-5-15-32(25)24-14-16-31(19-23(24)26(33)34)18-21-6-3-1-2-4-7-21/h1-6,8-12,15H,7,13-14,16-19H2. The highest BCUT2D eigenvalue weighted by Crippen LogP contribution is 2.29. The lowest BCUT2D eigenvalue weighted by atomic mass is 10.0. The van der Waals surface area contributed by atoms with Gasteiger partial charge < -0.3 is 4.40 Å². The molecule has 0 atom stereocenters. The minimum absolute atomic E-state index is 0.00699. The smallest absolute Gasteiger partial charge is 0.306 e. The highest BCUT2D eigenvalue weighted by atomic mass is 19.4. The summed E-state index contributed by atoms with van der Waals surface area (Å²) >= 11 is 0. The highest BCUT2D eigenvalue weighted by Gasteiger charge is 2.30. The molecule has 0 unspecified atom stereocenters. The largest absolute Gasteiger partial charge is 0.416 e. The fraction of sp³-hybridized carbons (Fsp3) is 0.296. The van der Waals surface area contributed by atoms with E-state index in [1.54, 1.807) is 4.57 Å². The van der Waals surface area contributed by atoms with Crippen LogP contribution in [0.25, 0.3) is 5.65 Å². The van der Waals surface area contributed by atoms with Crippen LogP contribution in [0.2, 0.25) is 0 Å². The first kappa shape index (κ1) is 22.5. The summed E-state index contributed by atoms with van der Waals surface area (Å²) in [5.74, 6) is 0. The van der Waals surface area contributed by atoms with Gasteiger partial charge in [0, 0.05) is 44.5 Å². The van der Waals surface area contributed by atoms with Crippen LogP contribution in [0.4, 0.5) is 13.2 Å². The predicted octanol–water partition coefficient (Wildman–Crippen LogP) is 5.16. The number of benzene rings is 1. The van der Waals surface area contributed by atoms with Crippen molar-refractivity contribution in [2.24, 2.45) is 0 Å². The third-order valence-electron chi connectivity index (χ3n) is 6.60. The summed E-state index contributed by atoms with van der Waals surface area (Å²) in [6.07, 6.45) is 10.2. The third kappa shape index (κ3) is 4.53. The minimum Gasteiger partial charge on any atom is -0.306 e. The quantitative estimate of drug-likeness (QED) is 0.521. The maximum Gasteiger partial charge on any atom is 0.416 e. The number of alkyl halides is 3. The molecule has 0 amide bonds. The molecule has 5 rings (SSSR count). The summed E-state index contributed by atoms with van der Waals surface area (Å²) in [6, 6.07) is 9.05. The van der Waals surface area contributed by atoms with E-state index in [2.05, 4.69) is 21.5 Å². The van der Waals surface area contributed by atoms with Crippen LogP contribution in [0.15, 0.2) is 83.3 Å². The first-order valence-electron chi connectivity index (χ1n) is 11.5. The predicted molar refractivity (Wildman–Crippen MR) is 127 cm³/mol. The van der Waals surface area contributed by atoms with Crippen molar-refractivity contribution in [2.45, 2.75) is 38.5 Å². The highest BCUT2D eigenvalue weighted by molar-refractivity contribution is 5.45. The van der Waals surface area contributed by atoms with Crippen LogP contribution in [-0.4, -0.2) is 27.0 Å². The van der Waals surface area contributed by atoms with E-state index < -0.39 is 11.7 Å². The Hall–Kier alpha value is -3.32. The molecule has 0 N–H and O–H groups in total. The average molecular weight is 466 g/mol. The fourth-order valence-electron chi connectivity index (χ4n) is 4.83. The molecule has 0 spiro atoms. The van der Waals surface area contributed by atoms with Crippen molar-refractivity contribution in [3.8, 4) is 0 Å². The van der Waals surface area contributed by atoms with Crippen LogP contribution in [0, 0.1) is 0 Å². The van der Waals surface area contributed by atoms with Crippen LogP contribution >= 0.6 is 0 Å². The number of aromatic nitrogens is 2. The van der Waals surface area contributed by atoms with Crippen LogP contribution in [0.3, 0.4) is 0 Å². The van der Waals surface area contributed by atoms with Gasteiger partial charge in [0.25, 0.3) is 5.56 Å². The van der Waals surface area contributed by atoms with Gasteiger partial charge in [-0.1, -0.05) is 48.1 Å². The lowest BCUT2D eigenvalue weighted by Gasteiger charge is -2.30. The zero-order valence-electron chi connectivity index (χ0n) is 18.8. The molecule has 7 heteroatoms. The molecule has 4 nitrogen and oxygen atoms in total. The Morgan fingerprint density at radius 2 is 1.82 bits per heavy atom. The van der Waals surface area contributed by atoms with Crippen LogP contribution in [-0.2, 0) is 32.1 Å². The molecule has 0 saturated heterocycles. The Labute approximate surface area is 195 Å². The lowest BCUT2D eigenvalue weighted by Crippen LogP contribution is -2.39. The molecule has 0 fully saturated rings. The van der Waals surface area contributed by atoms with E-state index in [0.29, 0.717) is 19.5 Å². The molecule has 34 heavy (non-hydrogen) atoms. The van der Waals surface area contributed by atoms with E-state index in [4.69, 9.17) is 0 Å². The topological polar surface area (TPSA) is 29.6 Å². The zero-order valence-corrected chi connectivity index (χ0v) is 18.8. The van der Waals surface area contributed by atoms with Gasteiger partial charge in [-0.3, -0.25) is 14.3 Å². The Morgan fingerprint density at radius 3 is 2.62 bits per heavy atom. The van der Waals surface area contributed by atoms with E-state index >= 15 is 0 Å². The van der Waals surface area contributed by atoms with Crippen molar-refractivity contribution in [1.29, 1.82) is 0 Å². The Kier molecular flexibility index (Phi) is 6.04. The molecule has 1 aliphatic heterocycles. The average Bonchev–Trinajstić information content (AvgIpc) is 3.16. The fourth-order valence-corrected chi connectivity index (χ4v) is 4.83. The van der Waals surface area contributed by atoms with Crippen LogP contribution in [0.1, 0.15) is 28.8 Å². The molecule has 176 valence electrons. The summed E-state index contributed by atoms with van der Waals surface area (Å²) < 4.78 is 42.4. The third-order valence-corrected chi connectivity index (χ3v) is 6.60. The molecular weight excluding hydrogens is 439 g/mol. The summed E-state index contributed by atoms with van der Waals surface area (Å²) in [5, 5.41) is 0. The summed E-state index contributed by atoms with van der Waals surface area (Å²) in [6.45, 7) is 2.71. The van der Waals surface area contributed by atoms with Crippen molar-refractivity contribution in [3.63, 3.8) is 0 Å². The van der Waals surface area contributed by atoms with Crippen molar-refractivity contribution in [3.05, 3.63) is 111 Å². The first-order chi connectivity index (χ1) is 16.4. The number of hydrogen-bond donors (Lipinski definition) is 0. The zero-order chi connectivity index (χ0) is 23.7. The molecule has 0 radical (unpaired) electrons. The van der Waals surface area contributed by atoms with Crippen molar-refractivity contribution in [2.75, 3.05) is 13.1 Å². The molecule has 0 saturated carbocycles. The van der Waals surface area contributed by atoms with Gasteiger partial charge in [0.2, 0.25) is 0 Å². The van der Waals surface area contributed by atoms with Gasteiger partial charge in [0.1, 0.15) is 5.65 Å². The monoisotopic (exact) mass is 465 g/mol. The Bertz CT molecular complexity index is 1340. The normalized spacial score (nSPS) is 16.5. The lowest BCUT2D eigenvalue weighted by molar-refractivity contribution is -0.137. The Balaban J connectivity index is 1.39. The van der Waals surface area contributed by atoms with Gasteiger partial charge in [-0.05, 0) is 42.7 Å². The van der Waals surface area contributed by atoms with E-state index in [-0.39, 0.29) is 5.56 Å². The maximum atomic E-state index is 13.6. The van der Waals surface area contributed by atoms with Crippen molar-refractivity contribution >= 4 is 5.65 Å². The van der Waals surface area contributed by atoms with E-state index in [9.17, 15) is 18.0 Å². The van der Waals surface area contributed by atoms with Gasteiger partial charge in [-0.15, -0.1) is 0 Å². The van der Waals surface area contributed by atoms with E-state index in [1.807, 2.05) is 36.6 Å².